The van der Waals surface area contributed by atoms with Crippen molar-refractivity contribution in [1.29, 1.82) is 0 Å². The fourth-order valence-corrected chi connectivity index (χ4v) is 5.93. The molecule has 32 heavy (non-hydrogen) atoms. The van der Waals surface area contributed by atoms with Crippen molar-refractivity contribution in [2.45, 2.75) is 48.8 Å². The molecule has 1 N–H and O–H groups in total. The largest absolute Gasteiger partial charge is 0.361 e. The van der Waals surface area contributed by atoms with E-state index < -0.39 is 0 Å². The summed E-state index contributed by atoms with van der Waals surface area (Å²) in [5.74, 6) is 0.755. The van der Waals surface area contributed by atoms with Crippen LogP contribution >= 0.6 is 23.1 Å². The maximum Gasteiger partial charge on any atom is 0.254 e. The van der Waals surface area contributed by atoms with Crippen molar-refractivity contribution < 1.29 is 9.59 Å². The molecule has 2 aromatic rings. The van der Waals surface area contributed by atoms with E-state index in [1.807, 2.05) is 31.0 Å². The zero-order chi connectivity index (χ0) is 22.8. The molecule has 1 aliphatic heterocycles. The van der Waals surface area contributed by atoms with Crippen LogP contribution in [0.1, 0.15) is 41.3 Å². The molecule has 1 saturated heterocycles. The number of hydrogen-bond acceptors (Lipinski definition) is 6. The normalized spacial score (nSPS) is 18.5. The fraction of sp³-hybridized carbons (Fsp3) is 0.458. The Balaban J connectivity index is 1.46. The standard InChI is InChI=1S/C24H30N4O2S2/c1-5-21(29)28-9-8-27(14-17(28)4)23(30)19-11-20(16(3)10-15(19)2)31-22-13-26-24(32-22)25-12-18-6-7-18/h5,10-11,13,17-18H,1,6-9,12,14H2,2-4H3,(H,25,26)/t17-/m1/s1. The first-order valence-electron chi connectivity index (χ1n) is 11.1. The highest BCUT2D eigenvalue weighted by Crippen LogP contribution is 2.37. The molecule has 1 atom stereocenters. The van der Waals surface area contributed by atoms with Gasteiger partial charge < -0.3 is 15.1 Å². The van der Waals surface area contributed by atoms with Crippen LogP contribution in [0.25, 0.3) is 0 Å². The monoisotopic (exact) mass is 470 g/mol. The lowest BCUT2D eigenvalue weighted by molar-refractivity contribution is -0.129. The highest BCUT2D eigenvalue weighted by Gasteiger charge is 2.30. The van der Waals surface area contributed by atoms with Gasteiger partial charge in [-0.3, -0.25) is 9.59 Å². The quantitative estimate of drug-likeness (QED) is 0.600. The fourth-order valence-electron chi connectivity index (χ4n) is 3.98. The molecule has 1 saturated carbocycles. The summed E-state index contributed by atoms with van der Waals surface area (Å²) in [5.41, 5.74) is 2.86. The molecule has 1 aromatic heterocycles. The van der Waals surface area contributed by atoms with Gasteiger partial charge in [-0.1, -0.05) is 35.7 Å². The van der Waals surface area contributed by atoms with Crippen molar-refractivity contribution in [3.8, 4) is 0 Å². The lowest BCUT2D eigenvalue weighted by atomic mass is 10.0. The maximum atomic E-state index is 13.4. The minimum Gasteiger partial charge on any atom is -0.361 e. The molecular weight excluding hydrogens is 440 g/mol. The van der Waals surface area contributed by atoms with Gasteiger partial charge in [-0.05, 0) is 62.8 Å². The van der Waals surface area contributed by atoms with Crippen LogP contribution in [0, 0.1) is 19.8 Å². The molecule has 4 rings (SSSR count). The van der Waals surface area contributed by atoms with Gasteiger partial charge in [0.25, 0.3) is 5.91 Å². The van der Waals surface area contributed by atoms with Gasteiger partial charge in [-0.2, -0.15) is 0 Å². The smallest absolute Gasteiger partial charge is 0.254 e. The number of carbonyl (C=O) groups is 2. The van der Waals surface area contributed by atoms with Crippen LogP contribution in [0.15, 0.2) is 40.1 Å². The molecule has 0 radical (unpaired) electrons. The van der Waals surface area contributed by atoms with Gasteiger partial charge in [-0.15, -0.1) is 0 Å². The summed E-state index contributed by atoms with van der Waals surface area (Å²) in [7, 11) is 0. The Morgan fingerprint density at radius 2 is 2.06 bits per heavy atom. The van der Waals surface area contributed by atoms with Gasteiger partial charge >= 0.3 is 0 Å². The molecule has 2 heterocycles. The number of carbonyl (C=O) groups excluding carboxylic acids is 2. The second-order valence-electron chi connectivity index (χ2n) is 8.68. The predicted octanol–water partition coefficient (Wildman–Crippen LogP) is 4.59. The average molecular weight is 471 g/mol. The molecular formula is C24H30N4O2S2. The Labute approximate surface area is 198 Å². The zero-order valence-corrected chi connectivity index (χ0v) is 20.5. The van der Waals surface area contributed by atoms with Gasteiger partial charge in [-0.25, -0.2) is 4.98 Å². The number of nitrogens with zero attached hydrogens (tertiary/aromatic N) is 3. The van der Waals surface area contributed by atoms with Crippen molar-refractivity contribution >= 4 is 40.0 Å². The highest BCUT2D eigenvalue weighted by molar-refractivity contribution is 8.01. The first kappa shape index (κ1) is 22.9. The molecule has 170 valence electrons. The third kappa shape index (κ3) is 5.18. The van der Waals surface area contributed by atoms with Crippen LogP contribution in [0.4, 0.5) is 5.13 Å². The van der Waals surface area contributed by atoms with E-state index in [1.165, 1.54) is 18.9 Å². The third-order valence-electron chi connectivity index (χ3n) is 6.06. The van der Waals surface area contributed by atoms with Crippen molar-refractivity contribution in [3.63, 3.8) is 0 Å². The highest BCUT2D eigenvalue weighted by atomic mass is 32.2. The number of rotatable bonds is 7. The molecule has 2 aliphatic rings. The Morgan fingerprint density at radius 1 is 1.28 bits per heavy atom. The van der Waals surface area contributed by atoms with Crippen molar-refractivity contribution in [1.82, 2.24) is 14.8 Å². The van der Waals surface area contributed by atoms with Gasteiger partial charge in [0.2, 0.25) is 5.91 Å². The summed E-state index contributed by atoms with van der Waals surface area (Å²) in [6.45, 7) is 12.2. The van der Waals surface area contributed by atoms with Gasteiger partial charge in [0.15, 0.2) is 5.13 Å². The van der Waals surface area contributed by atoms with Crippen LogP contribution < -0.4 is 5.32 Å². The summed E-state index contributed by atoms with van der Waals surface area (Å²) >= 11 is 3.32. The second kappa shape index (κ2) is 9.67. The first-order valence-corrected chi connectivity index (χ1v) is 12.7. The number of benzene rings is 1. The SMILES string of the molecule is C=CC(=O)N1CCN(C(=O)c2cc(Sc3cnc(NCC4CC4)s3)c(C)cc2C)C[C@H]1C. The van der Waals surface area contributed by atoms with Crippen LogP contribution in [0.3, 0.4) is 0 Å². The maximum absolute atomic E-state index is 13.4. The van der Waals surface area contributed by atoms with E-state index in [1.54, 1.807) is 28.0 Å². The summed E-state index contributed by atoms with van der Waals surface area (Å²) in [6, 6.07) is 4.07. The zero-order valence-electron chi connectivity index (χ0n) is 18.9. The van der Waals surface area contributed by atoms with E-state index in [-0.39, 0.29) is 17.9 Å². The number of nitrogens with one attached hydrogen (secondary N) is 1. The van der Waals surface area contributed by atoms with E-state index in [0.717, 1.165) is 43.4 Å². The number of piperazine rings is 1. The molecule has 0 bridgehead atoms. The lowest BCUT2D eigenvalue weighted by Gasteiger charge is -2.39. The molecule has 1 aromatic carbocycles. The van der Waals surface area contributed by atoms with Crippen LogP contribution in [0.5, 0.6) is 0 Å². The number of aromatic nitrogens is 1. The number of hydrogen-bond donors (Lipinski definition) is 1. The van der Waals surface area contributed by atoms with E-state index in [9.17, 15) is 9.59 Å². The topological polar surface area (TPSA) is 65.5 Å². The Bertz CT molecular complexity index is 1030. The Hall–Kier alpha value is -2.32. The minimum atomic E-state index is -0.0784. The van der Waals surface area contributed by atoms with Crippen molar-refractivity contribution in [2.75, 3.05) is 31.5 Å². The van der Waals surface area contributed by atoms with E-state index in [2.05, 4.69) is 29.9 Å². The molecule has 0 spiro atoms. The minimum absolute atomic E-state index is 0.0259. The summed E-state index contributed by atoms with van der Waals surface area (Å²) < 4.78 is 1.11. The summed E-state index contributed by atoms with van der Waals surface area (Å²) in [5, 5.41) is 4.39. The van der Waals surface area contributed by atoms with Crippen LogP contribution in [0.2, 0.25) is 0 Å². The Morgan fingerprint density at radius 3 is 2.75 bits per heavy atom. The van der Waals surface area contributed by atoms with Crippen LogP contribution in [-0.4, -0.2) is 58.8 Å². The Kier molecular flexibility index (Phi) is 6.90. The van der Waals surface area contributed by atoms with E-state index >= 15 is 0 Å². The van der Waals surface area contributed by atoms with Crippen molar-refractivity contribution in [2.24, 2.45) is 5.92 Å². The molecule has 8 heteroatoms. The van der Waals surface area contributed by atoms with Gasteiger partial charge in [0.1, 0.15) is 0 Å². The number of amides is 2. The summed E-state index contributed by atoms with van der Waals surface area (Å²) in [4.78, 5) is 34.6. The molecule has 2 fully saturated rings. The van der Waals surface area contributed by atoms with Gasteiger partial charge in [0, 0.05) is 42.7 Å². The number of thiazole rings is 1. The average Bonchev–Trinajstić information content (AvgIpc) is 3.50. The van der Waals surface area contributed by atoms with Gasteiger partial charge in [0.05, 0.1) is 10.4 Å². The van der Waals surface area contributed by atoms with E-state index in [0.29, 0.717) is 19.6 Å². The first-order chi connectivity index (χ1) is 15.4. The molecule has 6 nitrogen and oxygen atoms in total. The number of anilines is 1. The molecule has 0 unspecified atom stereocenters. The van der Waals surface area contributed by atoms with E-state index in [4.69, 9.17) is 0 Å². The summed E-state index contributed by atoms with van der Waals surface area (Å²) in [6.07, 6.45) is 5.88. The number of aryl methyl sites for hydroxylation is 2. The molecule has 1 aliphatic carbocycles. The van der Waals surface area contributed by atoms with Crippen molar-refractivity contribution in [3.05, 3.63) is 47.7 Å². The predicted molar refractivity (Wildman–Crippen MR) is 131 cm³/mol. The van der Waals surface area contributed by atoms with Crippen LogP contribution in [-0.2, 0) is 4.79 Å². The second-order valence-corrected chi connectivity index (χ2v) is 11.1. The molecule has 2 amide bonds. The lowest BCUT2D eigenvalue weighted by Crippen LogP contribution is -2.55. The third-order valence-corrected chi connectivity index (χ3v) is 8.27.